The van der Waals surface area contributed by atoms with E-state index in [0.717, 1.165) is 25.6 Å². The molecule has 1 aliphatic heterocycles. The molecule has 1 aromatic rings. The maximum absolute atomic E-state index is 13.0. The summed E-state index contributed by atoms with van der Waals surface area (Å²) in [4.78, 5) is 11.3. The van der Waals surface area contributed by atoms with Crippen LogP contribution in [0.2, 0.25) is 0 Å². The lowest BCUT2D eigenvalue weighted by Gasteiger charge is -2.33. The van der Waals surface area contributed by atoms with E-state index in [2.05, 4.69) is 11.8 Å². The van der Waals surface area contributed by atoms with Crippen LogP contribution in [0.3, 0.4) is 0 Å². The summed E-state index contributed by atoms with van der Waals surface area (Å²) >= 11 is 0. The van der Waals surface area contributed by atoms with Gasteiger partial charge in [0, 0.05) is 12.6 Å². The van der Waals surface area contributed by atoms with Crippen LogP contribution >= 0.6 is 0 Å². The predicted molar refractivity (Wildman–Crippen MR) is 94.9 cm³/mol. The Morgan fingerprint density at radius 3 is 2.34 bits per heavy atom. The topological polar surface area (TPSA) is 49.8 Å². The zero-order chi connectivity index (χ0) is 22.2. The van der Waals surface area contributed by atoms with Crippen LogP contribution in [0.1, 0.15) is 43.7 Å². The molecule has 29 heavy (non-hydrogen) atoms. The van der Waals surface area contributed by atoms with Crippen molar-refractivity contribution in [1.29, 1.82) is 0 Å². The SMILES string of the molecule is Cc1ccc(OCCCN2CCCC[C@H]2C)c(C(F)(F)F)c1.O=C(O)C(F)(F)F. The van der Waals surface area contributed by atoms with Crippen LogP contribution in [-0.2, 0) is 11.0 Å². The highest BCUT2D eigenvalue weighted by molar-refractivity contribution is 5.73. The number of hydrogen-bond donors (Lipinski definition) is 1. The van der Waals surface area contributed by atoms with Gasteiger partial charge in [0.15, 0.2) is 0 Å². The van der Waals surface area contributed by atoms with E-state index in [-0.39, 0.29) is 5.75 Å². The van der Waals surface area contributed by atoms with Crippen molar-refractivity contribution in [3.8, 4) is 5.75 Å². The molecule has 0 saturated carbocycles. The number of benzene rings is 1. The van der Waals surface area contributed by atoms with Gasteiger partial charge >= 0.3 is 18.3 Å². The Kier molecular flexibility index (Phi) is 9.25. The largest absolute Gasteiger partial charge is 0.493 e. The molecule has 1 aromatic carbocycles. The molecular formula is C19H25F6NO3. The number of carboxylic acids is 1. The first-order valence-corrected chi connectivity index (χ1v) is 9.17. The lowest BCUT2D eigenvalue weighted by atomic mass is 10.0. The number of aryl methyl sites for hydroxylation is 1. The summed E-state index contributed by atoms with van der Waals surface area (Å²) in [5.41, 5.74) is -0.0966. The Labute approximate surface area is 165 Å². The fourth-order valence-corrected chi connectivity index (χ4v) is 2.93. The quantitative estimate of drug-likeness (QED) is 0.511. The number of carbonyl (C=O) groups is 1. The van der Waals surface area contributed by atoms with Gasteiger partial charge in [0.2, 0.25) is 0 Å². The van der Waals surface area contributed by atoms with Gasteiger partial charge in [0.25, 0.3) is 0 Å². The van der Waals surface area contributed by atoms with Gasteiger partial charge in [-0.25, -0.2) is 4.79 Å². The molecule has 0 bridgehead atoms. The summed E-state index contributed by atoms with van der Waals surface area (Å²) in [6.07, 6.45) is -5.02. The number of likely N-dealkylation sites (tertiary alicyclic amines) is 1. The fourth-order valence-electron chi connectivity index (χ4n) is 2.93. The molecule has 1 heterocycles. The van der Waals surface area contributed by atoms with Crippen molar-refractivity contribution >= 4 is 5.97 Å². The molecule has 0 spiro atoms. The highest BCUT2D eigenvalue weighted by Crippen LogP contribution is 2.36. The van der Waals surface area contributed by atoms with Crippen molar-refractivity contribution < 1.29 is 41.0 Å². The van der Waals surface area contributed by atoms with Gasteiger partial charge in [-0.3, -0.25) is 0 Å². The van der Waals surface area contributed by atoms with Gasteiger partial charge in [-0.05, 0) is 51.8 Å². The van der Waals surface area contributed by atoms with Crippen LogP contribution in [0.4, 0.5) is 26.3 Å². The van der Waals surface area contributed by atoms with Crippen LogP contribution < -0.4 is 4.74 Å². The van der Waals surface area contributed by atoms with Gasteiger partial charge < -0.3 is 14.7 Å². The number of nitrogens with zero attached hydrogens (tertiary/aromatic N) is 1. The molecule has 0 aromatic heterocycles. The molecule has 1 fully saturated rings. The molecule has 1 aliphatic rings. The Morgan fingerprint density at radius 2 is 1.83 bits per heavy atom. The summed E-state index contributed by atoms with van der Waals surface area (Å²) in [5.74, 6) is -2.82. The number of halogens is 6. The maximum atomic E-state index is 13.0. The van der Waals surface area contributed by atoms with E-state index in [4.69, 9.17) is 14.6 Å². The van der Waals surface area contributed by atoms with Gasteiger partial charge in [-0.15, -0.1) is 0 Å². The molecule has 1 atom stereocenters. The Bertz CT molecular complexity index is 660. The Balaban J connectivity index is 0.000000516. The van der Waals surface area contributed by atoms with Crippen molar-refractivity contribution in [1.82, 2.24) is 4.90 Å². The van der Waals surface area contributed by atoms with Crippen molar-refractivity contribution in [2.75, 3.05) is 19.7 Å². The Morgan fingerprint density at radius 1 is 1.21 bits per heavy atom. The number of aliphatic carboxylic acids is 1. The number of ether oxygens (including phenoxy) is 1. The number of rotatable bonds is 5. The first kappa shape index (κ1) is 25.1. The van der Waals surface area contributed by atoms with Gasteiger partial charge in [0.05, 0.1) is 12.2 Å². The molecule has 166 valence electrons. The highest BCUT2D eigenvalue weighted by Gasteiger charge is 2.38. The molecule has 0 unspecified atom stereocenters. The molecule has 4 nitrogen and oxygen atoms in total. The van der Waals surface area contributed by atoms with Crippen LogP contribution in [0, 0.1) is 6.92 Å². The minimum atomic E-state index is -5.08. The van der Waals surface area contributed by atoms with Crippen LogP contribution in [-0.4, -0.2) is 47.9 Å². The third-order valence-electron chi connectivity index (χ3n) is 4.47. The number of alkyl halides is 6. The third kappa shape index (κ3) is 8.93. The third-order valence-corrected chi connectivity index (χ3v) is 4.47. The van der Waals surface area contributed by atoms with Crippen molar-refractivity contribution in [3.05, 3.63) is 29.3 Å². The summed E-state index contributed by atoms with van der Waals surface area (Å²) in [6.45, 7) is 6.14. The molecule has 2 rings (SSSR count). The molecule has 10 heteroatoms. The van der Waals surface area contributed by atoms with Crippen LogP contribution in [0.25, 0.3) is 0 Å². The summed E-state index contributed by atoms with van der Waals surface area (Å²) in [6, 6.07) is 4.78. The van der Waals surface area contributed by atoms with Gasteiger partial charge in [0.1, 0.15) is 5.75 Å². The summed E-state index contributed by atoms with van der Waals surface area (Å²) < 4.78 is 76.1. The van der Waals surface area contributed by atoms with Crippen LogP contribution in [0.5, 0.6) is 5.75 Å². The van der Waals surface area contributed by atoms with E-state index in [1.807, 2.05) is 0 Å². The molecule has 1 N–H and O–H groups in total. The number of carboxylic acid groups (broad SMARTS) is 1. The molecule has 0 amide bonds. The van der Waals surface area contributed by atoms with Crippen molar-refractivity contribution in [3.63, 3.8) is 0 Å². The second-order valence-electron chi connectivity index (χ2n) is 6.88. The summed E-state index contributed by atoms with van der Waals surface area (Å²) in [5, 5.41) is 7.12. The first-order chi connectivity index (χ1) is 13.3. The van der Waals surface area contributed by atoms with E-state index in [1.165, 1.54) is 25.3 Å². The zero-order valence-corrected chi connectivity index (χ0v) is 16.2. The maximum Gasteiger partial charge on any atom is 0.490 e. The lowest BCUT2D eigenvalue weighted by molar-refractivity contribution is -0.192. The highest BCUT2D eigenvalue weighted by atomic mass is 19.4. The Hall–Kier alpha value is -1.97. The second kappa shape index (κ2) is 10.7. The van der Waals surface area contributed by atoms with Gasteiger partial charge in [-0.2, -0.15) is 26.3 Å². The summed E-state index contributed by atoms with van der Waals surface area (Å²) in [7, 11) is 0. The first-order valence-electron chi connectivity index (χ1n) is 9.17. The number of hydrogen-bond acceptors (Lipinski definition) is 3. The van der Waals surface area contributed by atoms with Crippen LogP contribution in [0.15, 0.2) is 18.2 Å². The monoisotopic (exact) mass is 429 g/mol. The average Bonchev–Trinajstić information content (AvgIpc) is 2.60. The van der Waals surface area contributed by atoms with Crippen molar-refractivity contribution in [2.45, 2.75) is 57.9 Å². The molecule has 0 radical (unpaired) electrons. The molecular weight excluding hydrogens is 404 g/mol. The van der Waals surface area contributed by atoms with E-state index in [0.29, 0.717) is 18.2 Å². The standard InChI is InChI=1S/C17H24F3NO.C2HF3O2/c1-13-7-8-16(15(12-13)17(18,19)20)22-11-5-10-21-9-4-3-6-14(21)2;3-2(4,5)1(6)7/h7-8,12,14H,3-6,9-11H2,1-2H3;(H,6,7)/t14-;/m1./s1. The predicted octanol–water partition coefficient (Wildman–Crippen LogP) is 5.29. The van der Waals surface area contributed by atoms with Crippen molar-refractivity contribution in [2.24, 2.45) is 0 Å². The average molecular weight is 429 g/mol. The van der Waals surface area contributed by atoms with E-state index in [1.54, 1.807) is 13.0 Å². The van der Waals surface area contributed by atoms with Gasteiger partial charge in [-0.1, -0.05) is 18.1 Å². The smallest absolute Gasteiger partial charge is 0.490 e. The second-order valence-corrected chi connectivity index (χ2v) is 6.88. The van der Waals surface area contributed by atoms with E-state index >= 15 is 0 Å². The van der Waals surface area contributed by atoms with E-state index in [9.17, 15) is 26.3 Å². The molecule has 1 saturated heterocycles. The van der Waals surface area contributed by atoms with E-state index < -0.39 is 23.9 Å². The normalized spacial score (nSPS) is 18.0. The zero-order valence-electron chi connectivity index (χ0n) is 16.2. The number of piperidine rings is 1. The fraction of sp³-hybridized carbons (Fsp3) is 0.632. The minimum absolute atomic E-state index is 0.0650. The lowest BCUT2D eigenvalue weighted by Crippen LogP contribution is -2.38. The minimum Gasteiger partial charge on any atom is -0.493 e. The molecule has 0 aliphatic carbocycles.